The van der Waals surface area contributed by atoms with Crippen LogP contribution in [0.1, 0.15) is 33.1 Å². The Labute approximate surface area is 91.8 Å². The lowest BCUT2D eigenvalue weighted by Gasteiger charge is -2.20. The zero-order valence-corrected chi connectivity index (χ0v) is 9.65. The van der Waals surface area contributed by atoms with Crippen molar-refractivity contribution in [2.75, 3.05) is 13.1 Å². The first kappa shape index (κ1) is 12.2. The average Bonchev–Trinajstić information content (AvgIpc) is 2.59. The van der Waals surface area contributed by atoms with Crippen LogP contribution in [0.2, 0.25) is 0 Å². The Hall–Kier alpha value is -0.830. The Balaban J connectivity index is 2.55. The fraction of sp³-hybridized carbons (Fsp3) is 0.750. The van der Waals surface area contributed by atoms with Crippen molar-refractivity contribution >= 4 is 5.97 Å². The normalized spacial score (nSPS) is 27.6. The van der Waals surface area contributed by atoms with Crippen LogP contribution >= 0.6 is 0 Å². The molecule has 2 unspecified atom stereocenters. The molecule has 0 aromatic heterocycles. The molecule has 0 aromatic carbocycles. The van der Waals surface area contributed by atoms with E-state index in [9.17, 15) is 4.79 Å². The van der Waals surface area contributed by atoms with Gasteiger partial charge in [0.15, 0.2) is 0 Å². The van der Waals surface area contributed by atoms with Gasteiger partial charge in [0.1, 0.15) is 6.04 Å². The Morgan fingerprint density at radius 1 is 1.60 bits per heavy atom. The SMILES string of the molecule is C/C=C\C1CC(C(=O)O)N(CCCC)C1. The van der Waals surface area contributed by atoms with Crippen LogP contribution in [0.15, 0.2) is 12.2 Å². The lowest BCUT2D eigenvalue weighted by Crippen LogP contribution is -2.36. The van der Waals surface area contributed by atoms with Crippen LogP contribution in [0.4, 0.5) is 0 Å². The fourth-order valence-electron chi connectivity index (χ4n) is 2.22. The summed E-state index contributed by atoms with van der Waals surface area (Å²) in [6, 6.07) is -0.266. The van der Waals surface area contributed by atoms with Gasteiger partial charge in [0, 0.05) is 6.54 Å². The highest BCUT2D eigenvalue weighted by Crippen LogP contribution is 2.24. The summed E-state index contributed by atoms with van der Waals surface area (Å²) in [4.78, 5) is 13.2. The number of carboxylic acid groups (broad SMARTS) is 1. The van der Waals surface area contributed by atoms with E-state index >= 15 is 0 Å². The molecule has 86 valence electrons. The van der Waals surface area contributed by atoms with Crippen molar-refractivity contribution in [3.8, 4) is 0 Å². The molecule has 0 radical (unpaired) electrons. The molecular weight excluding hydrogens is 190 g/mol. The fourth-order valence-corrected chi connectivity index (χ4v) is 2.22. The molecule has 2 atom stereocenters. The van der Waals surface area contributed by atoms with Crippen molar-refractivity contribution in [3.63, 3.8) is 0 Å². The Morgan fingerprint density at radius 3 is 2.87 bits per heavy atom. The number of unbranched alkanes of at least 4 members (excludes halogenated alkanes) is 1. The van der Waals surface area contributed by atoms with Crippen molar-refractivity contribution < 1.29 is 9.90 Å². The van der Waals surface area contributed by atoms with Gasteiger partial charge in [-0.3, -0.25) is 9.69 Å². The molecule has 3 nitrogen and oxygen atoms in total. The minimum absolute atomic E-state index is 0.266. The molecule has 1 aliphatic rings. The van der Waals surface area contributed by atoms with Crippen molar-refractivity contribution in [1.29, 1.82) is 0 Å². The minimum Gasteiger partial charge on any atom is -0.480 e. The third-order valence-corrected chi connectivity index (χ3v) is 2.98. The lowest BCUT2D eigenvalue weighted by molar-refractivity contribution is -0.142. The number of likely N-dealkylation sites (tertiary alicyclic amines) is 1. The van der Waals surface area contributed by atoms with Gasteiger partial charge in [-0.05, 0) is 32.2 Å². The molecule has 0 saturated carbocycles. The van der Waals surface area contributed by atoms with Crippen LogP contribution < -0.4 is 0 Å². The number of rotatable bonds is 5. The van der Waals surface area contributed by atoms with Gasteiger partial charge in [-0.2, -0.15) is 0 Å². The Kier molecular flexibility index (Phi) is 4.82. The topological polar surface area (TPSA) is 40.5 Å². The number of carbonyl (C=O) groups is 1. The van der Waals surface area contributed by atoms with Crippen LogP contribution in [0.3, 0.4) is 0 Å². The Bertz CT molecular complexity index is 238. The zero-order valence-electron chi connectivity index (χ0n) is 9.65. The van der Waals surface area contributed by atoms with Gasteiger partial charge in [0.05, 0.1) is 0 Å². The molecule has 1 heterocycles. The molecule has 15 heavy (non-hydrogen) atoms. The quantitative estimate of drug-likeness (QED) is 0.708. The minimum atomic E-state index is -0.668. The van der Waals surface area contributed by atoms with E-state index in [0.717, 1.165) is 32.4 Å². The summed E-state index contributed by atoms with van der Waals surface area (Å²) in [5.41, 5.74) is 0. The summed E-state index contributed by atoms with van der Waals surface area (Å²) in [6.45, 7) is 5.95. The van der Waals surface area contributed by atoms with Crippen LogP contribution in [0.5, 0.6) is 0 Å². The van der Waals surface area contributed by atoms with E-state index in [4.69, 9.17) is 5.11 Å². The number of carboxylic acids is 1. The molecule has 1 fully saturated rings. The number of nitrogens with zero attached hydrogens (tertiary/aromatic N) is 1. The predicted octanol–water partition coefficient (Wildman–Crippen LogP) is 2.14. The first-order valence-corrected chi connectivity index (χ1v) is 5.78. The summed E-state index contributed by atoms with van der Waals surface area (Å²) >= 11 is 0. The van der Waals surface area contributed by atoms with Crippen molar-refractivity contribution in [3.05, 3.63) is 12.2 Å². The van der Waals surface area contributed by atoms with Gasteiger partial charge in [-0.1, -0.05) is 25.5 Å². The van der Waals surface area contributed by atoms with Crippen LogP contribution in [-0.2, 0) is 4.79 Å². The highest BCUT2D eigenvalue weighted by molar-refractivity contribution is 5.74. The maximum atomic E-state index is 11.1. The van der Waals surface area contributed by atoms with E-state index in [1.807, 2.05) is 13.0 Å². The summed E-state index contributed by atoms with van der Waals surface area (Å²) < 4.78 is 0. The second-order valence-corrected chi connectivity index (χ2v) is 4.22. The largest absolute Gasteiger partial charge is 0.480 e. The van der Waals surface area contributed by atoms with E-state index in [2.05, 4.69) is 17.9 Å². The van der Waals surface area contributed by atoms with Gasteiger partial charge in [-0.15, -0.1) is 0 Å². The number of hydrogen-bond acceptors (Lipinski definition) is 2. The smallest absolute Gasteiger partial charge is 0.320 e. The summed E-state index contributed by atoms with van der Waals surface area (Å²) in [7, 11) is 0. The van der Waals surface area contributed by atoms with Gasteiger partial charge < -0.3 is 5.11 Å². The molecule has 1 N–H and O–H groups in total. The van der Waals surface area contributed by atoms with E-state index in [1.165, 1.54) is 0 Å². The van der Waals surface area contributed by atoms with Crippen LogP contribution in [-0.4, -0.2) is 35.1 Å². The van der Waals surface area contributed by atoms with E-state index in [-0.39, 0.29) is 6.04 Å². The molecule has 0 amide bonds. The molecule has 0 spiro atoms. The first-order valence-electron chi connectivity index (χ1n) is 5.78. The standard InChI is InChI=1S/C12H21NO2/c1-3-5-7-13-9-10(6-4-2)8-11(13)12(14)15/h4,6,10-11H,3,5,7-9H2,1-2H3,(H,14,15)/b6-4-. The monoisotopic (exact) mass is 211 g/mol. The summed E-state index contributed by atoms with van der Waals surface area (Å²) in [5, 5.41) is 9.10. The van der Waals surface area contributed by atoms with Gasteiger partial charge in [0.25, 0.3) is 0 Å². The summed E-state index contributed by atoms with van der Waals surface area (Å²) in [5.74, 6) is -0.244. The van der Waals surface area contributed by atoms with E-state index in [0.29, 0.717) is 5.92 Å². The molecule has 0 bridgehead atoms. The molecule has 1 rings (SSSR count). The second-order valence-electron chi connectivity index (χ2n) is 4.22. The van der Waals surface area contributed by atoms with Crippen molar-refractivity contribution in [2.24, 2.45) is 5.92 Å². The highest BCUT2D eigenvalue weighted by Gasteiger charge is 2.34. The lowest BCUT2D eigenvalue weighted by atomic mass is 10.1. The predicted molar refractivity (Wildman–Crippen MR) is 60.8 cm³/mol. The van der Waals surface area contributed by atoms with Crippen LogP contribution in [0.25, 0.3) is 0 Å². The third kappa shape index (κ3) is 3.34. The molecular formula is C12H21NO2. The number of hydrogen-bond donors (Lipinski definition) is 1. The maximum absolute atomic E-state index is 11.1. The molecule has 1 saturated heterocycles. The first-order chi connectivity index (χ1) is 7.19. The molecule has 0 aliphatic carbocycles. The third-order valence-electron chi connectivity index (χ3n) is 2.98. The Morgan fingerprint density at radius 2 is 2.33 bits per heavy atom. The molecule has 0 aromatic rings. The van der Waals surface area contributed by atoms with Gasteiger partial charge >= 0.3 is 5.97 Å². The number of allylic oxidation sites excluding steroid dienone is 1. The molecule has 3 heteroatoms. The van der Waals surface area contributed by atoms with Crippen molar-refractivity contribution in [2.45, 2.75) is 39.2 Å². The van der Waals surface area contributed by atoms with E-state index < -0.39 is 5.97 Å². The highest BCUT2D eigenvalue weighted by atomic mass is 16.4. The van der Waals surface area contributed by atoms with Gasteiger partial charge in [0.2, 0.25) is 0 Å². The van der Waals surface area contributed by atoms with E-state index in [1.54, 1.807) is 0 Å². The zero-order chi connectivity index (χ0) is 11.3. The van der Waals surface area contributed by atoms with Gasteiger partial charge in [-0.25, -0.2) is 0 Å². The summed E-state index contributed by atoms with van der Waals surface area (Å²) in [6.07, 6.45) is 7.13. The van der Waals surface area contributed by atoms with Crippen molar-refractivity contribution in [1.82, 2.24) is 4.90 Å². The molecule has 1 aliphatic heterocycles. The van der Waals surface area contributed by atoms with Crippen LogP contribution in [0, 0.1) is 5.92 Å². The number of aliphatic carboxylic acids is 1. The second kappa shape index (κ2) is 5.91. The maximum Gasteiger partial charge on any atom is 0.320 e. The average molecular weight is 211 g/mol.